The fourth-order valence-corrected chi connectivity index (χ4v) is 2.53. The number of halogens is 4. The van der Waals surface area contributed by atoms with Crippen LogP contribution in [0, 0.1) is 22.9 Å². The molecule has 3 aromatic rings. The van der Waals surface area contributed by atoms with Crippen LogP contribution in [0.2, 0.25) is 0 Å². The van der Waals surface area contributed by atoms with Gasteiger partial charge < -0.3 is 5.32 Å². The third kappa shape index (κ3) is 3.41. The van der Waals surface area contributed by atoms with Crippen molar-refractivity contribution in [3.63, 3.8) is 0 Å². The van der Waals surface area contributed by atoms with Gasteiger partial charge in [0.1, 0.15) is 0 Å². The van der Waals surface area contributed by atoms with Crippen molar-refractivity contribution < 1.29 is 22.5 Å². The Bertz CT molecular complexity index is 1020. The molecule has 0 atom stereocenters. The molecule has 0 unspecified atom stereocenters. The van der Waals surface area contributed by atoms with Crippen molar-refractivity contribution in [3.05, 3.63) is 69.7 Å². The summed E-state index contributed by atoms with van der Waals surface area (Å²) in [6, 6.07) is 7.97. The topological polar surface area (TPSA) is 68.1 Å². The minimum atomic E-state index is -4.50. The molecular weight excluding hydrogens is 354 g/mol. The quantitative estimate of drug-likeness (QED) is 0.386. The molecule has 0 aliphatic rings. The van der Waals surface area contributed by atoms with E-state index in [4.69, 9.17) is 0 Å². The van der Waals surface area contributed by atoms with E-state index in [0.717, 1.165) is 24.3 Å². The van der Waals surface area contributed by atoms with Crippen LogP contribution in [0.25, 0.3) is 10.9 Å². The first kappa shape index (κ1) is 17.6. The third-order valence-electron chi connectivity index (χ3n) is 3.69. The van der Waals surface area contributed by atoms with Gasteiger partial charge in [-0.1, -0.05) is 6.07 Å². The van der Waals surface area contributed by atoms with Gasteiger partial charge in [-0.2, -0.15) is 17.6 Å². The summed E-state index contributed by atoms with van der Waals surface area (Å²) in [5.41, 5.74) is -0.321. The van der Waals surface area contributed by atoms with Crippen molar-refractivity contribution in [2.75, 3.05) is 5.32 Å². The van der Waals surface area contributed by atoms with Gasteiger partial charge in [0.15, 0.2) is 0 Å². The minimum absolute atomic E-state index is 0.124. The van der Waals surface area contributed by atoms with Gasteiger partial charge in [-0.3, -0.25) is 15.1 Å². The Labute approximate surface area is 144 Å². The average molecular weight is 365 g/mol. The van der Waals surface area contributed by atoms with Crippen LogP contribution in [-0.4, -0.2) is 9.91 Å². The van der Waals surface area contributed by atoms with E-state index in [-0.39, 0.29) is 11.2 Å². The zero-order chi connectivity index (χ0) is 19.1. The number of anilines is 2. The summed E-state index contributed by atoms with van der Waals surface area (Å²) in [6.07, 6.45) is -4.50. The second-order valence-electron chi connectivity index (χ2n) is 5.59. The number of nitro groups is 1. The Morgan fingerprint density at radius 2 is 1.85 bits per heavy atom. The van der Waals surface area contributed by atoms with E-state index in [1.165, 1.54) is 12.1 Å². The number of pyridine rings is 1. The molecule has 0 saturated carbocycles. The molecule has 1 N–H and O–H groups in total. The minimum Gasteiger partial charge on any atom is -0.355 e. The molecule has 3 rings (SSSR count). The van der Waals surface area contributed by atoms with E-state index < -0.39 is 28.2 Å². The van der Waals surface area contributed by atoms with E-state index in [2.05, 4.69) is 10.3 Å². The lowest BCUT2D eigenvalue weighted by Crippen LogP contribution is -2.05. The molecule has 0 amide bonds. The molecule has 1 heterocycles. The Morgan fingerprint density at radius 1 is 1.12 bits per heavy atom. The lowest BCUT2D eigenvalue weighted by molar-refractivity contribution is -0.387. The number of rotatable bonds is 3. The van der Waals surface area contributed by atoms with Gasteiger partial charge in [0.2, 0.25) is 5.82 Å². The highest BCUT2D eigenvalue weighted by atomic mass is 19.4. The number of nitrogens with one attached hydrogen (secondary N) is 1. The summed E-state index contributed by atoms with van der Waals surface area (Å²) in [4.78, 5) is 14.1. The zero-order valence-electron chi connectivity index (χ0n) is 13.3. The van der Waals surface area contributed by atoms with Crippen LogP contribution in [0.5, 0.6) is 0 Å². The number of alkyl halides is 3. The molecule has 0 spiro atoms. The first-order valence-corrected chi connectivity index (χ1v) is 7.35. The molecule has 0 radical (unpaired) electrons. The summed E-state index contributed by atoms with van der Waals surface area (Å²) in [6.45, 7) is 1.61. The maximum Gasteiger partial charge on any atom is 0.416 e. The van der Waals surface area contributed by atoms with Crippen molar-refractivity contribution in [2.24, 2.45) is 0 Å². The smallest absolute Gasteiger partial charge is 0.355 e. The summed E-state index contributed by atoms with van der Waals surface area (Å²) >= 11 is 0. The van der Waals surface area contributed by atoms with Gasteiger partial charge in [-0.05, 0) is 37.3 Å². The van der Waals surface area contributed by atoms with E-state index in [0.29, 0.717) is 16.8 Å². The first-order chi connectivity index (χ1) is 12.1. The van der Waals surface area contributed by atoms with Crippen LogP contribution in [0.4, 0.5) is 34.6 Å². The highest BCUT2D eigenvalue weighted by Gasteiger charge is 2.30. The molecule has 0 aliphatic heterocycles. The van der Waals surface area contributed by atoms with Crippen molar-refractivity contribution in [3.8, 4) is 0 Å². The molecule has 0 aliphatic carbocycles. The van der Waals surface area contributed by atoms with Gasteiger partial charge >= 0.3 is 11.9 Å². The lowest BCUT2D eigenvalue weighted by atomic mass is 10.1. The van der Waals surface area contributed by atoms with Gasteiger partial charge in [-0.15, -0.1) is 0 Å². The van der Waals surface area contributed by atoms with Crippen molar-refractivity contribution in [2.45, 2.75) is 13.1 Å². The van der Waals surface area contributed by atoms with Crippen LogP contribution in [0.15, 0.2) is 42.5 Å². The fourth-order valence-electron chi connectivity index (χ4n) is 2.53. The molecule has 134 valence electrons. The monoisotopic (exact) mass is 365 g/mol. The first-order valence-electron chi connectivity index (χ1n) is 7.35. The highest BCUT2D eigenvalue weighted by molar-refractivity contribution is 5.93. The number of aromatic nitrogens is 1. The summed E-state index contributed by atoms with van der Waals surface area (Å²) in [5, 5.41) is 14.1. The normalized spacial score (nSPS) is 11.6. The van der Waals surface area contributed by atoms with E-state index >= 15 is 0 Å². The number of nitrogens with zero attached hydrogens (tertiary/aromatic N) is 2. The molecule has 0 saturated heterocycles. The molecule has 9 heteroatoms. The summed E-state index contributed by atoms with van der Waals surface area (Å²) in [7, 11) is 0. The predicted octanol–water partition coefficient (Wildman–Crippen LogP) is 5.35. The number of aryl methyl sites for hydroxylation is 1. The van der Waals surface area contributed by atoms with Crippen LogP contribution in [0.3, 0.4) is 0 Å². The Balaban J connectivity index is 2.08. The van der Waals surface area contributed by atoms with Crippen LogP contribution >= 0.6 is 0 Å². The SMILES string of the molecule is Cc1cc(Nc2ccc(F)c([N+](=O)[O-])c2)c2ccc(C(F)(F)F)cc2n1. The van der Waals surface area contributed by atoms with Crippen LogP contribution < -0.4 is 5.32 Å². The van der Waals surface area contributed by atoms with E-state index in [9.17, 15) is 27.7 Å². The molecule has 0 fully saturated rings. The maximum atomic E-state index is 13.4. The van der Waals surface area contributed by atoms with Gasteiger partial charge in [-0.25, -0.2) is 0 Å². The second-order valence-corrected chi connectivity index (χ2v) is 5.59. The van der Waals surface area contributed by atoms with Crippen molar-refractivity contribution >= 4 is 28.0 Å². The maximum absolute atomic E-state index is 13.4. The number of hydrogen-bond donors (Lipinski definition) is 1. The summed E-state index contributed by atoms with van der Waals surface area (Å²) in [5.74, 6) is -0.980. The van der Waals surface area contributed by atoms with Gasteiger partial charge in [0, 0.05) is 28.5 Å². The highest BCUT2D eigenvalue weighted by Crippen LogP contribution is 2.34. The van der Waals surface area contributed by atoms with Crippen molar-refractivity contribution in [1.29, 1.82) is 0 Å². The van der Waals surface area contributed by atoms with E-state index in [1.807, 2.05) is 0 Å². The number of nitro benzene ring substituents is 1. The standard InChI is InChI=1S/C17H11F4N3O2/c1-9-6-14(23-11-3-5-13(18)16(8-11)24(25)26)12-4-2-10(17(19,20)21)7-15(12)22-9/h2-8H,1H3,(H,22,23). The third-order valence-corrected chi connectivity index (χ3v) is 3.69. The molecule has 5 nitrogen and oxygen atoms in total. The second kappa shape index (κ2) is 6.25. The predicted molar refractivity (Wildman–Crippen MR) is 87.8 cm³/mol. The van der Waals surface area contributed by atoms with Crippen LogP contribution in [0.1, 0.15) is 11.3 Å². The largest absolute Gasteiger partial charge is 0.416 e. The molecule has 1 aromatic heterocycles. The molecule has 2 aromatic carbocycles. The summed E-state index contributed by atoms with van der Waals surface area (Å²) < 4.78 is 52.1. The number of fused-ring (bicyclic) bond motifs is 1. The fraction of sp³-hybridized carbons (Fsp3) is 0.118. The van der Waals surface area contributed by atoms with Crippen LogP contribution in [-0.2, 0) is 6.18 Å². The zero-order valence-corrected chi connectivity index (χ0v) is 13.3. The Morgan fingerprint density at radius 3 is 2.50 bits per heavy atom. The Hall–Kier alpha value is -3.23. The number of benzene rings is 2. The van der Waals surface area contributed by atoms with Gasteiger partial charge in [0.05, 0.1) is 16.0 Å². The molecule has 26 heavy (non-hydrogen) atoms. The lowest BCUT2D eigenvalue weighted by Gasteiger charge is -2.13. The molecule has 0 bridgehead atoms. The Kier molecular flexibility index (Phi) is 4.23. The van der Waals surface area contributed by atoms with Gasteiger partial charge in [0.25, 0.3) is 0 Å². The van der Waals surface area contributed by atoms with Crippen molar-refractivity contribution in [1.82, 2.24) is 4.98 Å². The van der Waals surface area contributed by atoms with E-state index in [1.54, 1.807) is 13.0 Å². The number of hydrogen-bond acceptors (Lipinski definition) is 4. The average Bonchev–Trinajstić information content (AvgIpc) is 2.54. The molecular formula is C17H11F4N3O2.